The van der Waals surface area contributed by atoms with Crippen molar-refractivity contribution in [2.24, 2.45) is 0 Å². The molecule has 0 spiro atoms. The Bertz CT molecular complexity index is 1780. The first-order valence-corrected chi connectivity index (χ1v) is 16.1. The topological polar surface area (TPSA) is 247 Å². The smallest absolute Gasteiger partial charge is 0.534 e. The zero-order chi connectivity index (χ0) is 37.1. The molecule has 17 nitrogen and oxygen atoms in total. The van der Waals surface area contributed by atoms with E-state index in [1.165, 1.54) is 4.90 Å². The van der Waals surface area contributed by atoms with Gasteiger partial charge in [0.1, 0.15) is 23.2 Å². The molecule has 2 unspecified atom stereocenters. The van der Waals surface area contributed by atoms with Crippen molar-refractivity contribution in [2.45, 2.75) is 43.7 Å². The van der Waals surface area contributed by atoms with Crippen LogP contribution >= 0.6 is 11.6 Å². The minimum absolute atomic E-state index is 0.0755. The van der Waals surface area contributed by atoms with E-state index >= 15 is 0 Å². The summed E-state index contributed by atoms with van der Waals surface area (Å²) in [5.74, 6) is -12.3. The number of nitrogens with zero attached hydrogens (tertiary/aromatic N) is 2. The third-order valence-electron chi connectivity index (χ3n) is 8.62. The van der Waals surface area contributed by atoms with Crippen molar-refractivity contribution in [1.29, 1.82) is 0 Å². The number of carbonyl (C=O) groups excluding carboxylic acids is 5. The Hall–Kier alpha value is -5.21. The minimum atomic E-state index is -2.04. The Kier molecular flexibility index (Phi) is 11.2. The van der Waals surface area contributed by atoms with Gasteiger partial charge in [-0.1, -0.05) is 17.7 Å². The Morgan fingerprint density at radius 1 is 1.10 bits per heavy atom. The summed E-state index contributed by atoms with van der Waals surface area (Å²) in [5, 5.41) is 49.5. The molecule has 272 valence electrons. The van der Waals surface area contributed by atoms with Gasteiger partial charge >= 0.3 is 30.9 Å². The molecule has 6 amide bonds. The Morgan fingerprint density at radius 2 is 1.84 bits per heavy atom. The van der Waals surface area contributed by atoms with Crippen LogP contribution in [0.15, 0.2) is 18.2 Å². The maximum atomic E-state index is 14.6. The molecular formula is C30H32BClF2N6O11. The highest BCUT2D eigenvalue weighted by Gasteiger charge is 2.42. The van der Waals surface area contributed by atoms with E-state index in [1.54, 1.807) is 0 Å². The van der Waals surface area contributed by atoms with E-state index in [0.29, 0.717) is 23.8 Å². The number of piperazine rings is 1. The number of fused-ring (bicyclic) bond motifs is 1. The number of carboxylic acid groups (broad SMARTS) is 1. The number of rotatable bonds is 10. The van der Waals surface area contributed by atoms with Gasteiger partial charge < -0.3 is 51.2 Å². The number of carboxylic acids is 1. The number of aromatic carboxylic acids is 1. The average molecular weight is 737 g/mol. The predicted octanol–water partition coefficient (Wildman–Crippen LogP) is -0.453. The van der Waals surface area contributed by atoms with Crippen LogP contribution in [0.25, 0.3) is 0 Å². The van der Waals surface area contributed by atoms with Gasteiger partial charge in [-0.3, -0.25) is 24.1 Å². The summed E-state index contributed by atoms with van der Waals surface area (Å²) in [5.41, 5.74) is -1.39. The number of imide groups is 1. The molecule has 2 fully saturated rings. The fraction of sp³-hybridized carbons (Fsp3) is 0.400. The molecule has 21 heteroatoms. The predicted molar refractivity (Wildman–Crippen MR) is 171 cm³/mol. The highest BCUT2D eigenvalue weighted by atomic mass is 35.5. The number of urea groups is 1. The molecule has 2 saturated heterocycles. The average Bonchev–Trinajstić information content (AvgIpc) is 3.64. The number of nitrogens with one attached hydrogen (secondary N) is 4. The van der Waals surface area contributed by atoms with Crippen LogP contribution in [-0.4, -0.2) is 118 Å². The number of hydrogen-bond donors (Lipinski definition) is 8. The third-order valence-corrected chi connectivity index (χ3v) is 9.02. The SMILES string of the molecule is O=C(O)c1c(F)ccc2c1OB(O)[C@@H](NC(=O)C(NC(=O)N1CCN(CCCNC(=O)C3CCCN3)C(=O)C1=O)c1cc(F)c(O)c(O)c1Cl)C2. The minimum Gasteiger partial charge on any atom is -0.534 e. The van der Waals surface area contributed by atoms with E-state index in [1.807, 2.05) is 0 Å². The molecule has 0 aromatic heterocycles. The van der Waals surface area contributed by atoms with Crippen LogP contribution in [0.1, 0.15) is 46.8 Å². The quantitative estimate of drug-likeness (QED) is 0.0669. The first-order valence-electron chi connectivity index (χ1n) is 15.7. The molecule has 0 radical (unpaired) electrons. The van der Waals surface area contributed by atoms with E-state index in [-0.39, 0.29) is 50.1 Å². The number of hydrogen-bond acceptors (Lipinski definition) is 11. The van der Waals surface area contributed by atoms with Crippen molar-refractivity contribution in [1.82, 2.24) is 31.1 Å². The summed E-state index contributed by atoms with van der Waals surface area (Å²) in [4.78, 5) is 78.4. The lowest BCUT2D eigenvalue weighted by molar-refractivity contribution is -0.153. The van der Waals surface area contributed by atoms with E-state index in [0.717, 1.165) is 25.1 Å². The van der Waals surface area contributed by atoms with Gasteiger partial charge in [0, 0.05) is 31.7 Å². The fourth-order valence-electron chi connectivity index (χ4n) is 5.94. The standard InChI is InChI=1S/C30H32BClF2N6O11/c32-20-14(12-16(34)22(41)23(20)42)21(26(44)37-18-11-13-4-5-15(33)19(29(47)48)24(13)51-31(18)50)38-30(49)40-10-9-39(27(45)28(40)46)8-2-7-36-25(43)17-3-1-6-35-17/h4-5,12,17-18,21,35,41-42,50H,1-3,6-11H2,(H,36,43)(H,37,44)(H,38,49)(H,47,48)/t17?,18-,21?/m0/s1. The second-order valence-electron chi connectivity index (χ2n) is 11.9. The first-order chi connectivity index (χ1) is 24.2. The van der Waals surface area contributed by atoms with Crippen LogP contribution in [0.4, 0.5) is 13.6 Å². The van der Waals surface area contributed by atoms with Crippen LogP contribution < -0.4 is 25.9 Å². The number of phenolic OH excluding ortho intramolecular Hbond substituents is 2. The van der Waals surface area contributed by atoms with Gasteiger partial charge in [0.25, 0.3) is 0 Å². The van der Waals surface area contributed by atoms with E-state index in [9.17, 15) is 57.9 Å². The Labute approximate surface area is 293 Å². The van der Waals surface area contributed by atoms with Gasteiger partial charge in [0.2, 0.25) is 11.8 Å². The maximum Gasteiger partial charge on any atom is 0.547 e. The molecule has 3 aliphatic rings. The lowest BCUT2D eigenvalue weighted by Gasteiger charge is -2.34. The van der Waals surface area contributed by atoms with Gasteiger partial charge in [-0.15, -0.1) is 0 Å². The van der Waals surface area contributed by atoms with Crippen molar-refractivity contribution >= 4 is 54.3 Å². The van der Waals surface area contributed by atoms with E-state index in [4.69, 9.17) is 16.3 Å². The molecule has 51 heavy (non-hydrogen) atoms. The number of carbonyl (C=O) groups is 6. The zero-order valence-electron chi connectivity index (χ0n) is 26.6. The molecule has 0 aliphatic carbocycles. The Balaban J connectivity index is 1.29. The van der Waals surface area contributed by atoms with Gasteiger partial charge in [0.05, 0.1) is 17.0 Å². The number of benzene rings is 2. The van der Waals surface area contributed by atoms with Crippen molar-refractivity contribution in [2.75, 3.05) is 32.7 Å². The molecular weight excluding hydrogens is 705 g/mol. The zero-order valence-corrected chi connectivity index (χ0v) is 27.3. The number of aromatic hydroxyl groups is 2. The van der Waals surface area contributed by atoms with Gasteiger partial charge in [-0.05, 0) is 49.9 Å². The Morgan fingerprint density at radius 3 is 2.53 bits per heavy atom. The number of phenols is 2. The van der Waals surface area contributed by atoms with Crippen molar-refractivity contribution in [3.05, 3.63) is 51.5 Å². The summed E-state index contributed by atoms with van der Waals surface area (Å²) in [6.45, 7) is 0.622. The van der Waals surface area contributed by atoms with Crippen LogP contribution in [0.3, 0.4) is 0 Å². The molecule has 8 N–H and O–H groups in total. The highest BCUT2D eigenvalue weighted by molar-refractivity contribution is 6.47. The van der Waals surface area contributed by atoms with Gasteiger partial charge in [0.15, 0.2) is 17.3 Å². The van der Waals surface area contributed by atoms with Crippen LogP contribution in [0.5, 0.6) is 17.2 Å². The monoisotopic (exact) mass is 736 g/mol. The second-order valence-corrected chi connectivity index (χ2v) is 12.3. The second kappa shape index (κ2) is 15.4. The van der Waals surface area contributed by atoms with Crippen LogP contribution in [-0.2, 0) is 25.6 Å². The van der Waals surface area contributed by atoms with Crippen LogP contribution in [0.2, 0.25) is 5.02 Å². The van der Waals surface area contributed by atoms with Gasteiger partial charge in [-0.2, -0.15) is 0 Å². The first kappa shape index (κ1) is 37.1. The molecule has 2 aromatic rings. The number of amides is 6. The summed E-state index contributed by atoms with van der Waals surface area (Å²) in [7, 11) is -1.96. The summed E-state index contributed by atoms with van der Waals surface area (Å²) in [6, 6.07) is -1.09. The number of halogens is 3. The van der Waals surface area contributed by atoms with Crippen molar-refractivity contribution in [3.63, 3.8) is 0 Å². The van der Waals surface area contributed by atoms with Gasteiger partial charge in [-0.25, -0.2) is 18.4 Å². The fourth-order valence-corrected chi connectivity index (χ4v) is 6.19. The molecule has 2 aromatic carbocycles. The highest BCUT2D eigenvalue weighted by Crippen LogP contribution is 2.40. The molecule has 3 aliphatic heterocycles. The molecule has 3 heterocycles. The molecule has 3 atom stereocenters. The largest absolute Gasteiger partial charge is 0.547 e. The van der Waals surface area contributed by atoms with E-state index in [2.05, 4.69) is 21.3 Å². The molecule has 5 rings (SSSR count). The van der Waals surface area contributed by atoms with Crippen LogP contribution in [0, 0.1) is 11.6 Å². The third kappa shape index (κ3) is 7.76. The molecule has 0 saturated carbocycles. The molecule has 0 bridgehead atoms. The summed E-state index contributed by atoms with van der Waals surface area (Å²) >= 11 is 6.12. The maximum absolute atomic E-state index is 14.6. The normalized spacial score (nSPS) is 19.3. The van der Waals surface area contributed by atoms with Crippen molar-refractivity contribution in [3.8, 4) is 17.2 Å². The lowest BCUT2D eigenvalue weighted by atomic mass is 9.72. The summed E-state index contributed by atoms with van der Waals surface area (Å²) < 4.78 is 34.0. The van der Waals surface area contributed by atoms with Crippen molar-refractivity contribution < 1.29 is 62.5 Å². The van der Waals surface area contributed by atoms with E-state index < -0.39 is 93.9 Å². The lowest BCUT2D eigenvalue weighted by Crippen LogP contribution is -2.60. The summed E-state index contributed by atoms with van der Waals surface area (Å²) in [6.07, 6.45) is 1.59.